The summed E-state index contributed by atoms with van der Waals surface area (Å²) in [4.78, 5) is 18.8. The molecule has 1 fully saturated rings. The number of hydrogen-bond acceptors (Lipinski definition) is 4. The minimum absolute atomic E-state index is 0.305. The van der Waals surface area contributed by atoms with Crippen molar-refractivity contribution in [3.05, 3.63) is 53.3 Å². The molecule has 5 nitrogen and oxygen atoms in total. The summed E-state index contributed by atoms with van der Waals surface area (Å²) in [6, 6.07) is 10.5. The van der Waals surface area contributed by atoms with Crippen LogP contribution in [-0.2, 0) is 0 Å². The standard InChI is InChI=1S/C21H27FN4O/c1-15-13-17(6-8-19(15)26-11-9-25(4)10-12-26)23-21(27)16-5-7-20(24(2)3)18(22)14-16/h5-8,13-14H,9-12H2,1-4H3,(H,23,27). The normalized spacial score (nSPS) is 14.9. The van der Waals surface area contributed by atoms with Gasteiger partial charge in [0, 0.05) is 57.2 Å². The lowest BCUT2D eigenvalue weighted by Crippen LogP contribution is -2.44. The first-order chi connectivity index (χ1) is 12.8. The van der Waals surface area contributed by atoms with Crippen molar-refractivity contribution in [2.24, 2.45) is 0 Å². The Bertz CT molecular complexity index is 829. The van der Waals surface area contributed by atoms with Crippen LogP contribution in [0, 0.1) is 12.7 Å². The molecule has 1 amide bonds. The van der Waals surface area contributed by atoms with Gasteiger partial charge in [0.15, 0.2) is 0 Å². The fourth-order valence-corrected chi connectivity index (χ4v) is 3.35. The van der Waals surface area contributed by atoms with Crippen molar-refractivity contribution in [3.8, 4) is 0 Å². The predicted octanol–water partition coefficient (Wildman–Crippen LogP) is 3.20. The number of amides is 1. The van der Waals surface area contributed by atoms with E-state index in [-0.39, 0.29) is 5.91 Å². The summed E-state index contributed by atoms with van der Waals surface area (Å²) in [5, 5.41) is 2.87. The third-order valence-corrected chi connectivity index (χ3v) is 4.99. The molecule has 2 aromatic rings. The maximum atomic E-state index is 14.1. The summed E-state index contributed by atoms with van der Waals surface area (Å²) < 4.78 is 14.1. The molecular formula is C21H27FN4O. The summed E-state index contributed by atoms with van der Waals surface area (Å²) in [6.45, 7) is 6.15. The average Bonchev–Trinajstić information content (AvgIpc) is 2.62. The second-order valence-electron chi connectivity index (χ2n) is 7.31. The van der Waals surface area contributed by atoms with Crippen LogP contribution >= 0.6 is 0 Å². The van der Waals surface area contributed by atoms with E-state index in [0.29, 0.717) is 16.9 Å². The van der Waals surface area contributed by atoms with Crippen LogP contribution in [0.5, 0.6) is 0 Å². The Hall–Kier alpha value is -2.60. The number of benzene rings is 2. The first kappa shape index (κ1) is 19.2. The van der Waals surface area contributed by atoms with Crippen LogP contribution in [0.2, 0.25) is 0 Å². The Morgan fingerprint density at radius 1 is 1.07 bits per heavy atom. The van der Waals surface area contributed by atoms with E-state index in [1.54, 1.807) is 31.1 Å². The molecule has 1 saturated heterocycles. The molecule has 0 unspecified atom stereocenters. The first-order valence-electron chi connectivity index (χ1n) is 9.17. The number of nitrogens with one attached hydrogen (secondary N) is 1. The van der Waals surface area contributed by atoms with Gasteiger partial charge in [0.05, 0.1) is 5.69 Å². The Morgan fingerprint density at radius 2 is 1.78 bits per heavy atom. The van der Waals surface area contributed by atoms with Crippen molar-refractivity contribution >= 4 is 23.0 Å². The van der Waals surface area contributed by atoms with Crippen LogP contribution < -0.4 is 15.1 Å². The summed E-state index contributed by atoms with van der Waals surface area (Å²) in [7, 11) is 5.67. The highest BCUT2D eigenvalue weighted by Crippen LogP contribution is 2.25. The van der Waals surface area contributed by atoms with E-state index in [1.807, 2.05) is 18.2 Å². The van der Waals surface area contributed by atoms with Gasteiger partial charge in [-0.15, -0.1) is 0 Å². The molecule has 1 heterocycles. The lowest BCUT2D eigenvalue weighted by Gasteiger charge is -2.35. The first-order valence-corrected chi connectivity index (χ1v) is 9.17. The molecule has 6 heteroatoms. The van der Waals surface area contributed by atoms with E-state index >= 15 is 0 Å². The molecule has 1 aliphatic rings. The molecule has 1 aliphatic heterocycles. The lowest BCUT2D eigenvalue weighted by molar-refractivity contribution is 0.102. The highest BCUT2D eigenvalue weighted by molar-refractivity contribution is 6.04. The number of halogens is 1. The molecule has 0 bridgehead atoms. The smallest absolute Gasteiger partial charge is 0.255 e. The summed E-state index contributed by atoms with van der Waals surface area (Å²) in [6.07, 6.45) is 0. The van der Waals surface area contributed by atoms with Gasteiger partial charge in [-0.2, -0.15) is 0 Å². The molecule has 0 radical (unpaired) electrons. The van der Waals surface area contributed by atoms with Gasteiger partial charge in [0.1, 0.15) is 5.82 Å². The topological polar surface area (TPSA) is 38.8 Å². The van der Waals surface area contributed by atoms with Crippen LogP contribution in [0.1, 0.15) is 15.9 Å². The fraction of sp³-hybridized carbons (Fsp3) is 0.381. The van der Waals surface area contributed by atoms with Gasteiger partial charge in [0.25, 0.3) is 5.91 Å². The van der Waals surface area contributed by atoms with Crippen LogP contribution in [0.4, 0.5) is 21.5 Å². The Labute approximate surface area is 160 Å². The van der Waals surface area contributed by atoms with E-state index in [0.717, 1.165) is 31.7 Å². The maximum Gasteiger partial charge on any atom is 0.255 e. The van der Waals surface area contributed by atoms with E-state index < -0.39 is 5.82 Å². The van der Waals surface area contributed by atoms with Crippen molar-refractivity contribution < 1.29 is 9.18 Å². The second-order valence-corrected chi connectivity index (χ2v) is 7.31. The fourth-order valence-electron chi connectivity index (χ4n) is 3.35. The lowest BCUT2D eigenvalue weighted by atomic mass is 10.1. The van der Waals surface area contributed by atoms with E-state index in [9.17, 15) is 9.18 Å². The third kappa shape index (κ3) is 4.39. The molecule has 0 aromatic heterocycles. The average molecular weight is 370 g/mol. The Kier molecular flexibility index (Phi) is 5.65. The Balaban J connectivity index is 1.71. The number of nitrogens with zero attached hydrogens (tertiary/aromatic N) is 3. The molecule has 0 aliphatic carbocycles. The number of likely N-dealkylation sites (N-methyl/N-ethyl adjacent to an activating group) is 1. The molecule has 0 spiro atoms. The van der Waals surface area contributed by atoms with Crippen molar-refractivity contribution in [3.63, 3.8) is 0 Å². The summed E-state index contributed by atoms with van der Waals surface area (Å²) >= 11 is 0. The highest BCUT2D eigenvalue weighted by atomic mass is 19.1. The van der Waals surface area contributed by atoms with Gasteiger partial charge in [0.2, 0.25) is 0 Å². The largest absolute Gasteiger partial charge is 0.375 e. The number of piperazine rings is 1. The van der Waals surface area contributed by atoms with E-state index in [2.05, 4.69) is 29.1 Å². The summed E-state index contributed by atoms with van der Waals surface area (Å²) in [5.74, 6) is -0.722. The minimum Gasteiger partial charge on any atom is -0.375 e. The van der Waals surface area contributed by atoms with Crippen molar-refractivity contribution in [1.29, 1.82) is 0 Å². The van der Waals surface area contributed by atoms with E-state index in [4.69, 9.17) is 0 Å². The molecule has 0 atom stereocenters. The minimum atomic E-state index is -0.408. The molecule has 0 saturated carbocycles. The van der Waals surface area contributed by atoms with Crippen molar-refractivity contribution in [2.45, 2.75) is 6.92 Å². The number of carbonyl (C=O) groups is 1. The zero-order valence-corrected chi connectivity index (χ0v) is 16.4. The van der Waals surface area contributed by atoms with Crippen LogP contribution in [-0.4, -0.2) is 58.1 Å². The molecule has 144 valence electrons. The molecule has 2 aromatic carbocycles. The Morgan fingerprint density at radius 3 is 2.37 bits per heavy atom. The van der Waals surface area contributed by atoms with Gasteiger partial charge in [-0.3, -0.25) is 4.79 Å². The SMILES string of the molecule is Cc1cc(NC(=O)c2ccc(N(C)C)c(F)c2)ccc1N1CCN(C)CC1. The van der Waals surface area contributed by atoms with Crippen molar-refractivity contribution in [1.82, 2.24) is 4.90 Å². The molecule has 27 heavy (non-hydrogen) atoms. The van der Waals surface area contributed by atoms with E-state index in [1.165, 1.54) is 11.8 Å². The van der Waals surface area contributed by atoms with Gasteiger partial charge in [-0.05, 0) is 55.9 Å². The number of rotatable bonds is 4. The molecule has 3 rings (SSSR count). The molecular weight excluding hydrogens is 343 g/mol. The number of carbonyl (C=O) groups excluding carboxylic acids is 1. The van der Waals surface area contributed by atoms with Gasteiger partial charge >= 0.3 is 0 Å². The monoisotopic (exact) mass is 370 g/mol. The van der Waals surface area contributed by atoms with Gasteiger partial charge < -0.3 is 20.0 Å². The van der Waals surface area contributed by atoms with Gasteiger partial charge in [-0.1, -0.05) is 0 Å². The third-order valence-electron chi connectivity index (χ3n) is 4.99. The van der Waals surface area contributed by atoms with Crippen LogP contribution in [0.15, 0.2) is 36.4 Å². The van der Waals surface area contributed by atoms with Crippen LogP contribution in [0.3, 0.4) is 0 Å². The van der Waals surface area contributed by atoms with Crippen molar-refractivity contribution in [2.75, 3.05) is 62.4 Å². The quantitative estimate of drug-likeness (QED) is 0.897. The zero-order chi connectivity index (χ0) is 19.6. The van der Waals surface area contributed by atoms with Gasteiger partial charge in [-0.25, -0.2) is 4.39 Å². The predicted molar refractivity (Wildman–Crippen MR) is 110 cm³/mol. The maximum absolute atomic E-state index is 14.1. The number of aryl methyl sites for hydroxylation is 1. The second kappa shape index (κ2) is 7.96. The summed E-state index contributed by atoms with van der Waals surface area (Å²) in [5.41, 5.74) is 3.79. The molecule has 1 N–H and O–H groups in total. The zero-order valence-electron chi connectivity index (χ0n) is 16.4. The number of hydrogen-bond donors (Lipinski definition) is 1. The van der Waals surface area contributed by atoms with Crippen LogP contribution in [0.25, 0.3) is 0 Å². The highest BCUT2D eigenvalue weighted by Gasteiger charge is 2.17. The number of anilines is 3.